The Hall–Kier alpha value is -1.12. The third-order valence-corrected chi connectivity index (χ3v) is 4.99. The Morgan fingerprint density at radius 2 is 1.94 bits per heavy atom. The fraction of sp³-hybridized carbons (Fsp3) is 0.300. The lowest BCUT2D eigenvalue weighted by Gasteiger charge is -2.14. The fourth-order valence-corrected chi connectivity index (χ4v) is 2.50. The molecule has 0 aliphatic heterocycles. The minimum absolute atomic E-state index is 0.147. The zero-order valence-corrected chi connectivity index (χ0v) is 12.1. The lowest BCUT2D eigenvalue weighted by Crippen LogP contribution is -2.27. The summed E-state index contributed by atoms with van der Waals surface area (Å²) in [5, 5.41) is 2.42. The second-order valence-corrected chi connectivity index (χ2v) is 6.73. The van der Waals surface area contributed by atoms with Gasteiger partial charge in [0, 0.05) is 11.7 Å². The van der Waals surface area contributed by atoms with E-state index >= 15 is 0 Å². The van der Waals surface area contributed by atoms with Gasteiger partial charge in [-0.3, -0.25) is 0 Å². The van der Waals surface area contributed by atoms with Gasteiger partial charge in [0.05, 0.1) is 0 Å². The van der Waals surface area contributed by atoms with Crippen molar-refractivity contribution >= 4 is 37.7 Å². The summed E-state index contributed by atoms with van der Waals surface area (Å²) in [6, 6.07) is 5.74. The Kier molecular flexibility index (Phi) is 5.12. The molecule has 1 unspecified atom stereocenters. The van der Waals surface area contributed by atoms with Gasteiger partial charge in [0.1, 0.15) is 4.66 Å². The van der Waals surface area contributed by atoms with Crippen LogP contribution in [0.4, 0.5) is 10.5 Å². The van der Waals surface area contributed by atoms with Crippen molar-refractivity contribution in [1.29, 1.82) is 0 Å². The first kappa shape index (κ1) is 14.9. The summed E-state index contributed by atoms with van der Waals surface area (Å²) in [4.78, 5) is 10.6. The quantitative estimate of drug-likeness (QED) is 0.710. The molecule has 1 atom stereocenters. The van der Waals surface area contributed by atoms with Crippen molar-refractivity contribution in [3.63, 3.8) is 0 Å². The second kappa shape index (κ2) is 6.17. The van der Waals surface area contributed by atoms with Crippen molar-refractivity contribution in [3.8, 4) is 0 Å². The largest absolute Gasteiger partial charge is 0.351 e. The summed E-state index contributed by atoms with van der Waals surface area (Å²) in [6.07, 6.45) is 0. The van der Waals surface area contributed by atoms with Gasteiger partial charge in [-0.1, -0.05) is 28.1 Å². The molecule has 0 spiro atoms. The summed E-state index contributed by atoms with van der Waals surface area (Å²) >= 11 is 2.90. The number of anilines is 1. The number of urea groups is 1. The molecule has 1 aromatic carbocycles. The molecule has 0 fully saturated rings. The van der Waals surface area contributed by atoms with Crippen molar-refractivity contribution in [3.05, 3.63) is 29.8 Å². The number of nitrogens with one attached hydrogen (secondary N) is 2. The average Bonchev–Trinajstić information content (AvgIpc) is 2.28. The summed E-state index contributed by atoms with van der Waals surface area (Å²) in [7, 11) is -3.32. The van der Waals surface area contributed by atoms with Crippen molar-refractivity contribution in [2.45, 2.75) is 13.0 Å². The molecule has 0 radical (unpaired) electrons. The molecular weight excluding hydrogens is 322 g/mol. The van der Waals surface area contributed by atoms with Crippen LogP contribution in [0.3, 0.4) is 0 Å². The molecule has 8 heteroatoms. The Bertz CT molecular complexity index is 516. The van der Waals surface area contributed by atoms with Gasteiger partial charge in [0.15, 0.2) is 0 Å². The van der Waals surface area contributed by atoms with Crippen LogP contribution >= 0.6 is 15.9 Å². The molecule has 100 valence electrons. The number of nitrogens with two attached hydrogens (primary N) is 1. The van der Waals surface area contributed by atoms with Crippen LogP contribution in [-0.4, -0.2) is 19.1 Å². The minimum Gasteiger partial charge on any atom is -0.351 e. The summed E-state index contributed by atoms with van der Waals surface area (Å²) in [6.45, 7) is 1.73. The molecule has 4 N–H and O–H groups in total. The van der Waals surface area contributed by atoms with Crippen LogP contribution in [0.25, 0.3) is 0 Å². The van der Waals surface area contributed by atoms with E-state index in [1.807, 2.05) is 0 Å². The first-order valence-corrected chi connectivity index (χ1v) is 7.84. The van der Waals surface area contributed by atoms with E-state index in [-0.39, 0.29) is 10.7 Å². The van der Waals surface area contributed by atoms with Crippen LogP contribution < -0.4 is 15.8 Å². The predicted molar refractivity (Wildman–Crippen MR) is 73.9 cm³/mol. The number of amides is 2. The van der Waals surface area contributed by atoms with Crippen molar-refractivity contribution < 1.29 is 13.2 Å². The zero-order valence-electron chi connectivity index (χ0n) is 9.68. The smallest absolute Gasteiger partial charge is 0.316 e. The topological polar surface area (TPSA) is 101 Å². The molecule has 0 aromatic heterocycles. The number of sulfonamides is 1. The van der Waals surface area contributed by atoms with E-state index in [1.165, 1.54) is 0 Å². The van der Waals surface area contributed by atoms with E-state index in [0.29, 0.717) is 5.69 Å². The normalized spacial score (nSPS) is 13.0. The van der Waals surface area contributed by atoms with Crippen LogP contribution in [0.5, 0.6) is 0 Å². The number of rotatable bonds is 5. The van der Waals surface area contributed by atoms with Gasteiger partial charge in [-0.05, 0) is 24.6 Å². The SMILES string of the molecule is CC(NS(=O)(=O)CBr)c1ccc(NC(N)=O)cc1. The van der Waals surface area contributed by atoms with Gasteiger partial charge in [-0.25, -0.2) is 17.9 Å². The van der Waals surface area contributed by atoms with Crippen LogP contribution in [0.15, 0.2) is 24.3 Å². The van der Waals surface area contributed by atoms with Gasteiger partial charge in [0.25, 0.3) is 0 Å². The van der Waals surface area contributed by atoms with E-state index in [4.69, 9.17) is 5.73 Å². The number of benzene rings is 1. The maximum Gasteiger partial charge on any atom is 0.316 e. The van der Waals surface area contributed by atoms with E-state index in [9.17, 15) is 13.2 Å². The number of carbonyl (C=O) groups excluding carboxylic acids is 1. The molecule has 0 aliphatic carbocycles. The Morgan fingerprint density at radius 1 is 1.39 bits per heavy atom. The standard InChI is InChI=1S/C10H14BrN3O3S/c1-7(14-18(16,17)6-11)8-2-4-9(5-3-8)13-10(12)15/h2-5,7,14H,6H2,1H3,(H3,12,13,15). The molecular formula is C10H14BrN3O3S. The van der Waals surface area contributed by atoms with Crippen molar-refractivity contribution in [2.24, 2.45) is 5.73 Å². The molecule has 0 heterocycles. The molecule has 0 bridgehead atoms. The van der Waals surface area contributed by atoms with E-state index in [0.717, 1.165) is 5.56 Å². The van der Waals surface area contributed by atoms with Crippen LogP contribution in [0.1, 0.15) is 18.5 Å². The highest BCUT2D eigenvalue weighted by Crippen LogP contribution is 2.17. The zero-order chi connectivity index (χ0) is 13.8. The molecule has 0 saturated carbocycles. The lowest BCUT2D eigenvalue weighted by molar-refractivity contribution is 0.259. The van der Waals surface area contributed by atoms with Gasteiger partial charge >= 0.3 is 6.03 Å². The first-order valence-electron chi connectivity index (χ1n) is 5.06. The highest BCUT2D eigenvalue weighted by Gasteiger charge is 2.14. The summed E-state index contributed by atoms with van der Waals surface area (Å²) in [5.41, 5.74) is 6.32. The molecule has 6 nitrogen and oxygen atoms in total. The summed E-state index contributed by atoms with van der Waals surface area (Å²) in [5.74, 6) is 0. The van der Waals surface area contributed by atoms with E-state index in [2.05, 4.69) is 26.0 Å². The minimum atomic E-state index is -3.32. The molecule has 0 aliphatic rings. The van der Waals surface area contributed by atoms with Crippen LogP contribution in [-0.2, 0) is 10.0 Å². The highest BCUT2D eigenvalue weighted by molar-refractivity contribution is 9.10. The number of primary amides is 1. The summed E-state index contributed by atoms with van der Waals surface area (Å²) < 4.78 is 25.1. The number of carbonyl (C=O) groups is 1. The monoisotopic (exact) mass is 335 g/mol. The van der Waals surface area contributed by atoms with Gasteiger partial charge in [0.2, 0.25) is 10.0 Å². The fourth-order valence-electron chi connectivity index (χ4n) is 1.37. The van der Waals surface area contributed by atoms with E-state index < -0.39 is 16.1 Å². The second-order valence-electron chi connectivity index (χ2n) is 3.67. The molecule has 2 amide bonds. The maximum atomic E-state index is 11.4. The van der Waals surface area contributed by atoms with Crippen LogP contribution in [0, 0.1) is 0 Å². The third kappa shape index (κ3) is 4.63. The molecule has 1 aromatic rings. The molecule has 1 rings (SSSR count). The number of hydrogen-bond acceptors (Lipinski definition) is 3. The van der Waals surface area contributed by atoms with Gasteiger partial charge in [-0.15, -0.1) is 0 Å². The highest BCUT2D eigenvalue weighted by atomic mass is 79.9. The Balaban J connectivity index is 2.76. The van der Waals surface area contributed by atoms with Crippen molar-refractivity contribution in [1.82, 2.24) is 4.72 Å². The van der Waals surface area contributed by atoms with Crippen LogP contribution in [0.2, 0.25) is 0 Å². The maximum absolute atomic E-state index is 11.4. The van der Waals surface area contributed by atoms with Gasteiger partial charge in [-0.2, -0.15) is 0 Å². The molecule has 0 saturated heterocycles. The lowest BCUT2D eigenvalue weighted by atomic mass is 10.1. The third-order valence-electron chi connectivity index (χ3n) is 2.18. The first-order chi connectivity index (χ1) is 8.34. The number of hydrogen-bond donors (Lipinski definition) is 3. The number of halogens is 1. The Labute approximate surface area is 114 Å². The number of alkyl halides is 1. The molecule has 18 heavy (non-hydrogen) atoms. The average molecular weight is 336 g/mol. The Morgan fingerprint density at radius 3 is 2.39 bits per heavy atom. The predicted octanol–water partition coefficient (Wildman–Crippen LogP) is 1.51. The van der Waals surface area contributed by atoms with Crippen molar-refractivity contribution in [2.75, 3.05) is 9.98 Å². The van der Waals surface area contributed by atoms with Gasteiger partial charge < -0.3 is 11.1 Å². The van der Waals surface area contributed by atoms with E-state index in [1.54, 1.807) is 31.2 Å².